The normalized spacial score (nSPS) is 19.1. The summed E-state index contributed by atoms with van der Waals surface area (Å²) in [6.07, 6.45) is 3.16. The largest absolute Gasteiger partial charge is 0.497 e. The second kappa shape index (κ2) is 7.11. The van der Waals surface area contributed by atoms with Crippen molar-refractivity contribution in [3.63, 3.8) is 0 Å². The maximum absolute atomic E-state index is 12.6. The summed E-state index contributed by atoms with van der Waals surface area (Å²) in [5.74, 6) is 0.779. The van der Waals surface area contributed by atoms with Gasteiger partial charge < -0.3 is 15.0 Å². The van der Waals surface area contributed by atoms with E-state index in [1.165, 1.54) is 0 Å². The highest BCUT2D eigenvalue weighted by molar-refractivity contribution is 5.84. The maximum Gasteiger partial charge on any atom is 0.245 e. The second-order valence-electron chi connectivity index (χ2n) is 5.41. The molecule has 1 fully saturated rings. The molecule has 2 unspecified atom stereocenters. The average Bonchev–Trinajstić information content (AvgIpc) is 2.93. The highest BCUT2D eigenvalue weighted by atomic mass is 16.5. The van der Waals surface area contributed by atoms with Gasteiger partial charge in [0.1, 0.15) is 11.8 Å². The van der Waals surface area contributed by atoms with Crippen LogP contribution in [0.4, 0.5) is 0 Å². The van der Waals surface area contributed by atoms with Gasteiger partial charge in [0, 0.05) is 19.0 Å². The van der Waals surface area contributed by atoms with Crippen LogP contribution in [0.3, 0.4) is 0 Å². The summed E-state index contributed by atoms with van der Waals surface area (Å²) < 4.78 is 5.12. The number of likely N-dealkylation sites (tertiary alicyclic amines) is 1. The number of nitrogens with one attached hydrogen (secondary N) is 1. The van der Waals surface area contributed by atoms with Crippen LogP contribution in [0, 0.1) is 0 Å². The number of carbonyl (C=O) groups is 2. The first-order valence-electron chi connectivity index (χ1n) is 7.29. The number of nitrogens with zero attached hydrogens (tertiary/aromatic N) is 1. The fraction of sp³-hybridized carbons (Fsp3) is 0.500. The lowest BCUT2D eigenvalue weighted by Crippen LogP contribution is -2.48. The molecule has 114 valence electrons. The van der Waals surface area contributed by atoms with Crippen LogP contribution in [0.2, 0.25) is 0 Å². The van der Waals surface area contributed by atoms with Crippen molar-refractivity contribution in [2.75, 3.05) is 13.7 Å². The minimum atomic E-state index is -0.503. The number of benzene rings is 1. The Morgan fingerprint density at radius 1 is 1.48 bits per heavy atom. The molecule has 2 rings (SSSR count). The molecule has 21 heavy (non-hydrogen) atoms. The van der Waals surface area contributed by atoms with Crippen molar-refractivity contribution in [3.8, 4) is 5.75 Å². The van der Waals surface area contributed by atoms with E-state index in [1.54, 1.807) is 7.11 Å². The highest BCUT2D eigenvalue weighted by Crippen LogP contribution is 2.19. The average molecular weight is 290 g/mol. The van der Waals surface area contributed by atoms with E-state index in [4.69, 9.17) is 4.74 Å². The molecule has 2 atom stereocenters. The smallest absolute Gasteiger partial charge is 0.245 e. The first kappa shape index (κ1) is 15.4. The van der Waals surface area contributed by atoms with Gasteiger partial charge in [-0.25, -0.2) is 0 Å². The molecular weight excluding hydrogens is 268 g/mol. The van der Waals surface area contributed by atoms with Crippen molar-refractivity contribution >= 4 is 12.3 Å². The zero-order valence-electron chi connectivity index (χ0n) is 12.5. The van der Waals surface area contributed by atoms with E-state index in [9.17, 15) is 9.59 Å². The van der Waals surface area contributed by atoms with Gasteiger partial charge in [0.15, 0.2) is 0 Å². The van der Waals surface area contributed by atoms with Gasteiger partial charge in [-0.1, -0.05) is 12.1 Å². The van der Waals surface area contributed by atoms with Crippen molar-refractivity contribution in [2.45, 2.75) is 38.3 Å². The molecular formula is C16H22N2O3. The van der Waals surface area contributed by atoms with Gasteiger partial charge in [-0.15, -0.1) is 0 Å². The molecule has 5 nitrogen and oxygen atoms in total. The third-order valence-electron chi connectivity index (χ3n) is 4.00. The molecule has 0 spiro atoms. The highest BCUT2D eigenvalue weighted by Gasteiger charge is 2.30. The topological polar surface area (TPSA) is 58.6 Å². The molecule has 1 aliphatic rings. The van der Waals surface area contributed by atoms with Gasteiger partial charge in [0.25, 0.3) is 0 Å². The maximum atomic E-state index is 12.6. The van der Waals surface area contributed by atoms with E-state index in [0.29, 0.717) is 12.8 Å². The molecule has 0 aromatic heterocycles. The fourth-order valence-electron chi connectivity index (χ4n) is 2.76. The minimum absolute atomic E-state index is 0.00270. The van der Waals surface area contributed by atoms with Crippen molar-refractivity contribution in [1.82, 2.24) is 10.2 Å². The Bertz CT molecular complexity index is 487. The third kappa shape index (κ3) is 3.74. The minimum Gasteiger partial charge on any atom is -0.497 e. The van der Waals surface area contributed by atoms with E-state index >= 15 is 0 Å². The van der Waals surface area contributed by atoms with Crippen molar-refractivity contribution in [2.24, 2.45) is 0 Å². The van der Waals surface area contributed by atoms with Crippen LogP contribution < -0.4 is 10.1 Å². The van der Waals surface area contributed by atoms with Crippen LogP contribution in [0.15, 0.2) is 24.3 Å². The standard InChI is InChI=1S/C16H22N2O3/c1-12-4-3-9-18(12)16(20)15(17-11-19)10-13-5-7-14(21-2)8-6-13/h5-8,11-12,15H,3-4,9-10H2,1-2H3,(H,17,19). The van der Waals surface area contributed by atoms with Gasteiger partial charge in [-0.3, -0.25) is 9.59 Å². The molecule has 1 aromatic carbocycles. The molecule has 1 aliphatic heterocycles. The Morgan fingerprint density at radius 2 is 2.19 bits per heavy atom. The Hall–Kier alpha value is -2.04. The van der Waals surface area contributed by atoms with Crippen LogP contribution >= 0.6 is 0 Å². The van der Waals surface area contributed by atoms with Crippen LogP contribution in [0.5, 0.6) is 5.75 Å². The summed E-state index contributed by atoms with van der Waals surface area (Å²) in [6.45, 7) is 2.83. The van der Waals surface area contributed by atoms with Gasteiger partial charge in [-0.2, -0.15) is 0 Å². The Kier molecular flexibility index (Phi) is 5.20. The summed E-state index contributed by atoms with van der Waals surface area (Å²) >= 11 is 0. The summed E-state index contributed by atoms with van der Waals surface area (Å²) in [7, 11) is 1.62. The number of hydrogen-bond donors (Lipinski definition) is 1. The Balaban J connectivity index is 2.06. The quantitative estimate of drug-likeness (QED) is 0.805. The van der Waals surface area contributed by atoms with Crippen LogP contribution in [-0.2, 0) is 16.0 Å². The lowest BCUT2D eigenvalue weighted by molar-refractivity contribution is -0.135. The lowest BCUT2D eigenvalue weighted by atomic mass is 10.0. The molecule has 1 N–H and O–H groups in total. The van der Waals surface area contributed by atoms with Crippen molar-refractivity contribution in [3.05, 3.63) is 29.8 Å². The van der Waals surface area contributed by atoms with Crippen LogP contribution in [-0.4, -0.2) is 43.0 Å². The van der Waals surface area contributed by atoms with E-state index in [1.807, 2.05) is 29.2 Å². The molecule has 0 radical (unpaired) electrons. The van der Waals surface area contributed by atoms with E-state index < -0.39 is 6.04 Å². The summed E-state index contributed by atoms with van der Waals surface area (Å²) in [5.41, 5.74) is 0.996. The molecule has 1 heterocycles. The summed E-state index contributed by atoms with van der Waals surface area (Å²) in [6, 6.07) is 7.30. The Morgan fingerprint density at radius 3 is 2.71 bits per heavy atom. The number of rotatable bonds is 6. The number of ether oxygens (including phenoxy) is 1. The number of amides is 2. The number of hydrogen-bond acceptors (Lipinski definition) is 3. The number of carbonyl (C=O) groups excluding carboxylic acids is 2. The van der Waals surface area contributed by atoms with Crippen LogP contribution in [0.25, 0.3) is 0 Å². The van der Waals surface area contributed by atoms with Gasteiger partial charge in [0.2, 0.25) is 12.3 Å². The predicted octanol–water partition coefficient (Wildman–Crippen LogP) is 1.36. The SMILES string of the molecule is COc1ccc(CC(NC=O)C(=O)N2CCCC2C)cc1. The Labute approximate surface area is 125 Å². The molecule has 0 aliphatic carbocycles. The fourth-order valence-corrected chi connectivity index (χ4v) is 2.76. The first-order valence-corrected chi connectivity index (χ1v) is 7.29. The number of methoxy groups -OCH3 is 1. The summed E-state index contributed by atoms with van der Waals surface area (Å²) in [5, 5.41) is 2.65. The van der Waals surface area contributed by atoms with Crippen molar-refractivity contribution in [1.29, 1.82) is 0 Å². The molecule has 2 amide bonds. The van der Waals surface area contributed by atoms with Crippen LogP contribution in [0.1, 0.15) is 25.3 Å². The van der Waals surface area contributed by atoms with E-state index in [2.05, 4.69) is 12.2 Å². The molecule has 5 heteroatoms. The van der Waals surface area contributed by atoms with Gasteiger partial charge in [0.05, 0.1) is 7.11 Å². The lowest BCUT2D eigenvalue weighted by Gasteiger charge is -2.26. The first-order chi connectivity index (χ1) is 10.2. The third-order valence-corrected chi connectivity index (χ3v) is 4.00. The zero-order chi connectivity index (χ0) is 15.2. The van der Waals surface area contributed by atoms with Crippen molar-refractivity contribution < 1.29 is 14.3 Å². The molecule has 1 saturated heterocycles. The molecule has 0 saturated carbocycles. The van der Waals surface area contributed by atoms with E-state index in [-0.39, 0.29) is 11.9 Å². The van der Waals surface area contributed by atoms with Gasteiger partial charge >= 0.3 is 0 Å². The van der Waals surface area contributed by atoms with E-state index in [0.717, 1.165) is 30.7 Å². The molecule has 1 aromatic rings. The predicted molar refractivity (Wildman–Crippen MR) is 80.1 cm³/mol. The monoisotopic (exact) mass is 290 g/mol. The molecule has 0 bridgehead atoms. The second-order valence-corrected chi connectivity index (χ2v) is 5.41. The zero-order valence-corrected chi connectivity index (χ0v) is 12.5. The van der Waals surface area contributed by atoms with Gasteiger partial charge in [-0.05, 0) is 37.5 Å². The summed E-state index contributed by atoms with van der Waals surface area (Å²) in [4.78, 5) is 25.2.